The summed E-state index contributed by atoms with van der Waals surface area (Å²) >= 11 is 0. The van der Waals surface area contributed by atoms with Crippen molar-refractivity contribution in [2.45, 2.75) is 20.3 Å². The van der Waals surface area contributed by atoms with E-state index in [9.17, 15) is 0 Å². The summed E-state index contributed by atoms with van der Waals surface area (Å²) in [5.41, 5.74) is 0. The lowest BCUT2D eigenvalue weighted by molar-refractivity contribution is -0.00625. The normalized spacial score (nSPS) is 11.4. The Morgan fingerprint density at radius 2 is 1.04 bits per heavy atom. The highest BCUT2D eigenvalue weighted by atomic mass is 32.3. The zero-order valence-electron chi connectivity index (χ0n) is 13.8. The molecule has 0 aromatic rings. The van der Waals surface area contributed by atoms with Gasteiger partial charge in [0, 0.05) is 6.61 Å². The van der Waals surface area contributed by atoms with Gasteiger partial charge < -0.3 is 24.1 Å². The van der Waals surface area contributed by atoms with E-state index in [-0.39, 0.29) is 6.61 Å². The highest BCUT2D eigenvalue weighted by Gasteiger charge is 1.94. The molecule has 0 aliphatic carbocycles. The number of ether oxygens (including phenoxy) is 4. The van der Waals surface area contributed by atoms with Gasteiger partial charge in [-0.2, -0.15) is 8.42 Å². The van der Waals surface area contributed by atoms with Crippen LogP contribution in [-0.2, 0) is 29.3 Å². The summed E-state index contributed by atoms with van der Waals surface area (Å²) in [4.78, 5) is 0. The quantitative estimate of drug-likeness (QED) is 0.297. The van der Waals surface area contributed by atoms with Gasteiger partial charge in [0.15, 0.2) is 0 Å². The number of hydrogen-bond donors (Lipinski definition) is 3. The predicted octanol–water partition coefficient (Wildman–Crippen LogP) is 0.438. The minimum Gasteiger partial charge on any atom is -0.394 e. The third-order valence-corrected chi connectivity index (χ3v) is 2.19. The molecular formula is C13H30O9S. The van der Waals surface area contributed by atoms with Crippen LogP contribution in [0.25, 0.3) is 0 Å². The van der Waals surface area contributed by atoms with Crippen LogP contribution < -0.4 is 0 Å². The summed E-state index contributed by atoms with van der Waals surface area (Å²) in [6, 6.07) is 0. The smallest absolute Gasteiger partial charge is 0.394 e. The second-order valence-corrected chi connectivity index (χ2v) is 5.70. The molecule has 0 heterocycles. The third-order valence-electron chi connectivity index (χ3n) is 2.19. The zero-order chi connectivity index (χ0) is 18.0. The molecule has 9 nitrogen and oxygen atoms in total. The van der Waals surface area contributed by atoms with E-state index in [1.165, 1.54) is 0 Å². The first-order valence-corrected chi connectivity index (χ1v) is 8.78. The highest BCUT2D eigenvalue weighted by molar-refractivity contribution is 7.79. The molecule has 0 aliphatic heterocycles. The van der Waals surface area contributed by atoms with Crippen molar-refractivity contribution in [3.63, 3.8) is 0 Å². The summed E-state index contributed by atoms with van der Waals surface area (Å²) in [5.74, 6) is 0.687. The SMILES string of the molecule is CC(C)CCOCCOCCOCCOCCO.O=S(=O)(O)O. The summed E-state index contributed by atoms with van der Waals surface area (Å²) in [5, 5.41) is 8.46. The van der Waals surface area contributed by atoms with E-state index in [1.807, 2.05) is 0 Å². The van der Waals surface area contributed by atoms with Crippen molar-refractivity contribution in [1.29, 1.82) is 0 Å². The first-order chi connectivity index (χ1) is 10.8. The molecular weight excluding hydrogens is 332 g/mol. The first-order valence-electron chi connectivity index (χ1n) is 7.39. The summed E-state index contributed by atoms with van der Waals surface area (Å²) in [6.45, 7) is 9.04. The molecule has 0 aliphatic rings. The minimum absolute atomic E-state index is 0.0555. The second-order valence-electron chi connectivity index (χ2n) is 4.80. The van der Waals surface area contributed by atoms with Gasteiger partial charge in [-0.15, -0.1) is 0 Å². The van der Waals surface area contributed by atoms with Crippen LogP contribution in [0.15, 0.2) is 0 Å². The largest absolute Gasteiger partial charge is 0.394 e. The topological polar surface area (TPSA) is 132 Å². The van der Waals surface area contributed by atoms with Gasteiger partial charge in [-0.05, 0) is 12.3 Å². The van der Waals surface area contributed by atoms with Crippen molar-refractivity contribution in [2.24, 2.45) is 5.92 Å². The molecule has 0 spiro atoms. The van der Waals surface area contributed by atoms with Gasteiger partial charge in [-0.25, -0.2) is 0 Å². The predicted molar refractivity (Wildman–Crippen MR) is 84.0 cm³/mol. The van der Waals surface area contributed by atoms with Crippen molar-refractivity contribution >= 4 is 10.4 Å². The Morgan fingerprint density at radius 3 is 1.35 bits per heavy atom. The van der Waals surface area contributed by atoms with Crippen LogP contribution in [0.5, 0.6) is 0 Å². The minimum atomic E-state index is -4.67. The maximum Gasteiger partial charge on any atom is 0.394 e. The first kappa shape index (κ1) is 24.9. The fourth-order valence-corrected chi connectivity index (χ4v) is 1.15. The van der Waals surface area contributed by atoms with Gasteiger partial charge in [-0.3, -0.25) is 9.11 Å². The molecule has 10 heteroatoms. The van der Waals surface area contributed by atoms with Gasteiger partial charge in [0.25, 0.3) is 0 Å². The fourth-order valence-electron chi connectivity index (χ4n) is 1.15. The summed E-state index contributed by atoms with van der Waals surface area (Å²) in [6.07, 6.45) is 1.09. The number of aliphatic hydroxyl groups is 1. The van der Waals surface area contributed by atoms with Crippen molar-refractivity contribution < 1.29 is 41.6 Å². The third kappa shape index (κ3) is 39.0. The van der Waals surface area contributed by atoms with Crippen molar-refractivity contribution in [1.82, 2.24) is 0 Å². The molecule has 0 saturated heterocycles. The van der Waals surface area contributed by atoms with Crippen LogP contribution in [0.4, 0.5) is 0 Å². The highest BCUT2D eigenvalue weighted by Crippen LogP contribution is 1.98. The van der Waals surface area contributed by atoms with Crippen LogP contribution in [0, 0.1) is 5.92 Å². The average Bonchev–Trinajstić information content (AvgIpc) is 2.42. The summed E-state index contributed by atoms with van der Waals surface area (Å²) < 4.78 is 52.6. The van der Waals surface area contributed by atoms with Crippen LogP contribution >= 0.6 is 0 Å². The zero-order valence-corrected chi connectivity index (χ0v) is 14.7. The molecule has 0 saturated carbocycles. The molecule has 0 amide bonds. The van der Waals surface area contributed by atoms with Crippen molar-refractivity contribution in [2.75, 3.05) is 59.5 Å². The lowest BCUT2D eigenvalue weighted by atomic mass is 10.1. The van der Waals surface area contributed by atoms with Gasteiger partial charge in [0.1, 0.15) is 0 Å². The Labute approximate surface area is 138 Å². The standard InChI is InChI=1S/C13H28O5.H2O4S/c1-13(2)3-5-15-7-9-17-11-12-18-10-8-16-6-4-14;1-5(2,3)4/h13-14H,3-12H2,1-2H3;(H2,1,2,3,4). The number of hydrogen-bond acceptors (Lipinski definition) is 7. The Hall–Kier alpha value is -0.330. The van der Waals surface area contributed by atoms with Crippen molar-refractivity contribution in [3.8, 4) is 0 Å². The van der Waals surface area contributed by atoms with Crippen LogP contribution in [0.3, 0.4) is 0 Å². The Balaban J connectivity index is 0. The number of rotatable bonds is 14. The lowest BCUT2D eigenvalue weighted by Gasteiger charge is -2.08. The molecule has 0 radical (unpaired) electrons. The van der Waals surface area contributed by atoms with Crippen LogP contribution in [0.2, 0.25) is 0 Å². The maximum absolute atomic E-state index is 8.74. The van der Waals surface area contributed by atoms with Gasteiger partial charge in [-0.1, -0.05) is 13.8 Å². The van der Waals surface area contributed by atoms with Crippen molar-refractivity contribution in [3.05, 3.63) is 0 Å². The Bertz CT molecular complexity index is 311. The van der Waals surface area contributed by atoms with E-state index in [1.54, 1.807) is 0 Å². The van der Waals surface area contributed by atoms with E-state index in [0.717, 1.165) is 13.0 Å². The molecule has 0 fully saturated rings. The molecule has 0 aromatic carbocycles. The molecule has 0 atom stereocenters. The van der Waals surface area contributed by atoms with E-state index >= 15 is 0 Å². The van der Waals surface area contributed by atoms with Gasteiger partial charge in [0.2, 0.25) is 0 Å². The second kappa shape index (κ2) is 18.0. The van der Waals surface area contributed by atoms with Gasteiger partial charge in [0.05, 0.1) is 52.9 Å². The molecule has 0 aromatic heterocycles. The molecule has 23 heavy (non-hydrogen) atoms. The molecule has 0 bridgehead atoms. The fraction of sp³-hybridized carbons (Fsp3) is 1.00. The van der Waals surface area contributed by atoms with E-state index in [2.05, 4.69) is 13.8 Å². The van der Waals surface area contributed by atoms with Gasteiger partial charge >= 0.3 is 10.4 Å². The lowest BCUT2D eigenvalue weighted by Crippen LogP contribution is -2.13. The van der Waals surface area contributed by atoms with Crippen LogP contribution in [-0.4, -0.2) is 82.1 Å². The van der Waals surface area contributed by atoms with E-state index in [4.69, 9.17) is 41.6 Å². The summed E-state index contributed by atoms with van der Waals surface area (Å²) in [7, 11) is -4.67. The molecule has 142 valence electrons. The number of aliphatic hydroxyl groups excluding tert-OH is 1. The van der Waals surface area contributed by atoms with Crippen LogP contribution in [0.1, 0.15) is 20.3 Å². The van der Waals surface area contributed by atoms with E-state index < -0.39 is 10.4 Å². The molecule has 0 rings (SSSR count). The maximum atomic E-state index is 8.74. The molecule has 3 N–H and O–H groups in total. The molecule has 0 unspecified atom stereocenters. The van der Waals surface area contributed by atoms with E-state index in [0.29, 0.717) is 52.2 Å². The Kier molecular flexibility index (Phi) is 19.5. The Morgan fingerprint density at radius 1 is 0.739 bits per heavy atom. The monoisotopic (exact) mass is 362 g/mol. The average molecular weight is 362 g/mol.